The van der Waals surface area contributed by atoms with Crippen molar-refractivity contribution in [3.05, 3.63) is 0 Å². The van der Waals surface area contributed by atoms with Crippen LogP contribution in [0.4, 0.5) is 4.79 Å². The van der Waals surface area contributed by atoms with Crippen LogP contribution in [-0.4, -0.2) is 64.2 Å². The van der Waals surface area contributed by atoms with Gasteiger partial charge < -0.3 is 26.4 Å². The van der Waals surface area contributed by atoms with Gasteiger partial charge in [-0.1, -0.05) is 0 Å². The maximum atomic E-state index is 12.1. The van der Waals surface area contributed by atoms with Crippen molar-refractivity contribution < 1.29 is 69.2 Å². The third kappa shape index (κ3) is 12.8. The van der Waals surface area contributed by atoms with E-state index < -0.39 is 30.8 Å². The Balaban J connectivity index is -0.00000264. The van der Waals surface area contributed by atoms with Crippen LogP contribution in [0.1, 0.15) is 28.1 Å². The van der Waals surface area contributed by atoms with Crippen molar-refractivity contribution in [2.75, 3.05) is 25.5 Å². The molecule has 0 radical (unpaired) electrons. The van der Waals surface area contributed by atoms with Gasteiger partial charge >= 0.3 is 48.4 Å². The van der Waals surface area contributed by atoms with Crippen molar-refractivity contribution in [1.82, 2.24) is 4.90 Å². The zero-order chi connectivity index (χ0) is 18.8. The number of nitrogens with zero attached hydrogens (tertiary/aromatic N) is 1. The zero-order valence-corrected chi connectivity index (χ0v) is 18.3. The third-order valence-electron chi connectivity index (χ3n) is 2.62. The van der Waals surface area contributed by atoms with Crippen molar-refractivity contribution in [3.8, 4) is 0 Å². The van der Waals surface area contributed by atoms with Gasteiger partial charge in [0, 0.05) is 18.7 Å². The Kier molecular flexibility index (Phi) is 15.2. The first-order chi connectivity index (χ1) is 11.1. The van der Waals surface area contributed by atoms with E-state index in [2.05, 4.69) is 0 Å². The summed E-state index contributed by atoms with van der Waals surface area (Å²) in [6.07, 6.45) is -1.16. The molecule has 0 saturated carbocycles. The van der Waals surface area contributed by atoms with Crippen molar-refractivity contribution in [2.45, 2.75) is 32.7 Å². The van der Waals surface area contributed by atoms with Gasteiger partial charge in [0.15, 0.2) is 0 Å². The quantitative estimate of drug-likeness (QED) is 0.201. The largest absolute Gasteiger partial charge is 1.00 e. The molecule has 10 nitrogen and oxygen atoms in total. The van der Waals surface area contributed by atoms with Gasteiger partial charge in [-0.2, -0.15) is 0 Å². The second-order valence-electron chi connectivity index (χ2n) is 4.47. The molecule has 0 fully saturated rings. The predicted octanol–water partition coefficient (Wildman–Crippen LogP) is -2.42. The fourth-order valence-corrected chi connectivity index (χ4v) is 3.01. The number of carbonyl (C=O) groups excluding carboxylic acids is 3. The summed E-state index contributed by atoms with van der Waals surface area (Å²) >= 11 is 0.317. The molecule has 1 unspecified atom stereocenters. The Bertz CT molecular complexity index is 496. The van der Waals surface area contributed by atoms with Crippen LogP contribution in [0.2, 0.25) is 0 Å². The van der Waals surface area contributed by atoms with E-state index in [1.165, 1.54) is 0 Å². The SMILES string of the molecule is CCOC(=O)C(N)CCC(=O)N(CCSP(=O)(O)O)C(=O)OCC.[H-].[Na+]. The average molecular weight is 410 g/mol. The molecule has 2 amide bonds. The second-order valence-corrected chi connectivity index (χ2v) is 8.31. The van der Waals surface area contributed by atoms with E-state index in [0.29, 0.717) is 11.4 Å². The molecular formula is C12H24N2NaO8PS. The molecular weight excluding hydrogens is 386 g/mol. The minimum Gasteiger partial charge on any atom is -1.00 e. The number of nitrogens with two attached hydrogens (primary N) is 1. The van der Waals surface area contributed by atoms with Gasteiger partial charge in [-0.15, -0.1) is 0 Å². The zero-order valence-electron chi connectivity index (χ0n) is 15.5. The maximum absolute atomic E-state index is 12.1. The van der Waals surface area contributed by atoms with Gasteiger partial charge in [-0.05, 0) is 31.7 Å². The molecule has 0 aromatic rings. The second kappa shape index (κ2) is 14.0. The number of hydrogen-bond donors (Lipinski definition) is 3. The average Bonchev–Trinajstić information content (AvgIpc) is 2.48. The Morgan fingerprint density at radius 2 is 1.80 bits per heavy atom. The number of ether oxygens (including phenoxy) is 2. The molecule has 1 atom stereocenters. The minimum absolute atomic E-state index is 0. The number of hydrogen-bond acceptors (Lipinski definition) is 8. The van der Waals surface area contributed by atoms with Gasteiger partial charge in [0.25, 0.3) is 0 Å². The number of amides is 2. The van der Waals surface area contributed by atoms with Crippen molar-refractivity contribution in [1.29, 1.82) is 0 Å². The summed E-state index contributed by atoms with van der Waals surface area (Å²) < 4.78 is 20.3. The Morgan fingerprint density at radius 1 is 1.24 bits per heavy atom. The predicted molar refractivity (Wildman–Crippen MR) is 88.2 cm³/mol. The van der Waals surface area contributed by atoms with Crippen LogP contribution in [0.3, 0.4) is 0 Å². The van der Waals surface area contributed by atoms with Crippen LogP contribution in [0.15, 0.2) is 0 Å². The van der Waals surface area contributed by atoms with E-state index in [9.17, 15) is 18.9 Å². The number of rotatable bonds is 10. The van der Waals surface area contributed by atoms with E-state index in [0.717, 1.165) is 4.90 Å². The summed E-state index contributed by atoms with van der Waals surface area (Å²) in [5, 5.41) is 0. The number of carbonyl (C=O) groups is 3. The summed E-state index contributed by atoms with van der Waals surface area (Å²) in [6, 6.07) is -0.998. The molecule has 0 heterocycles. The van der Waals surface area contributed by atoms with E-state index in [1.807, 2.05) is 0 Å². The fraction of sp³-hybridized carbons (Fsp3) is 0.750. The first-order valence-electron chi connectivity index (χ1n) is 7.21. The maximum Gasteiger partial charge on any atom is 1.00 e. The molecule has 13 heteroatoms. The molecule has 25 heavy (non-hydrogen) atoms. The topological polar surface area (TPSA) is 156 Å². The molecule has 4 N–H and O–H groups in total. The monoisotopic (exact) mass is 410 g/mol. The van der Waals surface area contributed by atoms with Crippen LogP contribution < -0.4 is 35.3 Å². The first kappa shape index (κ1) is 27.1. The molecule has 0 aromatic carbocycles. The molecule has 0 spiro atoms. The summed E-state index contributed by atoms with van der Waals surface area (Å²) in [6.45, 7) is -1.16. The minimum atomic E-state index is -4.30. The standard InChI is InChI=1S/C12H23N2O8PS.Na.H/c1-3-21-11(16)9(13)5-6-10(15)14(12(17)22-4-2)7-8-24-23(18,19)20;;/h9H,3-8,13H2,1-2H3,(H2,18,19,20);;/q;+1;-1. The van der Waals surface area contributed by atoms with E-state index in [1.54, 1.807) is 13.8 Å². The molecule has 0 rings (SSSR count). The summed E-state index contributed by atoms with van der Waals surface area (Å²) in [4.78, 5) is 53.6. The van der Waals surface area contributed by atoms with Crippen LogP contribution in [0.25, 0.3) is 0 Å². The van der Waals surface area contributed by atoms with Crippen molar-refractivity contribution in [3.63, 3.8) is 0 Å². The van der Waals surface area contributed by atoms with Crippen LogP contribution in [-0.2, 0) is 23.6 Å². The Hall–Kier alpha value is -0.130. The van der Waals surface area contributed by atoms with Crippen LogP contribution >= 0.6 is 18.2 Å². The fourth-order valence-electron chi connectivity index (χ4n) is 1.55. The van der Waals surface area contributed by atoms with E-state index >= 15 is 0 Å². The molecule has 0 aliphatic carbocycles. The molecule has 142 valence electrons. The van der Waals surface area contributed by atoms with Gasteiger partial charge in [0.05, 0.1) is 13.2 Å². The van der Waals surface area contributed by atoms with Crippen molar-refractivity contribution >= 4 is 36.1 Å². The summed E-state index contributed by atoms with van der Waals surface area (Å²) in [7, 11) is 0. The van der Waals surface area contributed by atoms with Gasteiger partial charge in [0.2, 0.25) is 5.91 Å². The van der Waals surface area contributed by atoms with Gasteiger partial charge in [-0.3, -0.25) is 9.59 Å². The van der Waals surface area contributed by atoms with Gasteiger partial charge in [-0.25, -0.2) is 14.3 Å². The molecule has 0 saturated heterocycles. The number of esters is 1. The summed E-state index contributed by atoms with van der Waals surface area (Å²) in [5.41, 5.74) is 5.58. The molecule has 0 aromatic heterocycles. The molecule has 0 aliphatic heterocycles. The normalized spacial score (nSPS) is 11.9. The Morgan fingerprint density at radius 3 is 2.28 bits per heavy atom. The van der Waals surface area contributed by atoms with Crippen molar-refractivity contribution in [2.24, 2.45) is 5.73 Å². The first-order valence-corrected chi connectivity index (χ1v) is 10.4. The molecule has 0 aliphatic rings. The van der Waals surface area contributed by atoms with E-state index in [4.69, 9.17) is 25.0 Å². The number of imide groups is 1. The summed E-state index contributed by atoms with van der Waals surface area (Å²) in [5.74, 6) is -1.46. The van der Waals surface area contributed by atoms with Crippen LogP contribution in [0, 0.1) is 0 Å². The van der Waals surface area contributed by atoms with Gasteiger partial charge in [0.1, 0.15) is 6.04 Å². The molecule has 0 bridgehead atoms. The smallest absolute Gasteiger partial charge is 1.00 e. The third-order valence-corrected chi connectivity index (χ3v) is 4.88. The van der Waals surface area contributed by atoms with E-state index in [-0.39, 0.29) is 69.3 Å². The Labute approximate surface area is 173 Å². The van der Waals surface area contributed by atoms with Crippen LogP contribution in [0.5, 0.6) is 0 Å².